The molecule has 2 aliphatic rings. The van der Waals surface area contributed by atoms with Crippen molar-refractivity contribution in [2.75, 3.05) is 24.5 Å². The molecule has 168 valence electrons. The van der Waals surface area contributed by atoms with Crippen LogP contribution >= 0.6 is 11.6 Å². The molecule has 2 aromatic heterocycles. The minimum Gasteiger partial charge on any atom is -0.423 e. The highest BCUT2D eigenvalue weighted by Crippen LogP contribution is 2.35. The Morgan fingerprint density at radius 2 is 1.97 bits per heavy atom. The molecular weight excluding hydrogens is 440 g/mol. The van der Waals surface area contributed by atoms with E-state index >= 15 is 0 Å². The van der Waals surface area contributed by atoms with E-state index in [1.807, 2.05) is 42.2 Å². The normalized spacial score (nSPS) is 20.4. The molecule has 2 unspecified atom stereocenters. The van der Waals surface area contributed by atoms with Gasteiger partial charge in [0.15, 0.2) is 5.58 Å². The van der Waals surface area contributed by atoms with Crippen LogP contribution in [0.2, 0.25) is 5.02 Å². The number of halogens is 1. The second kappa shape index (κ2) is 7.88. The highest BCUT2D eigenvalue weighted by atomic mass is 35.5. The van der Waals surface area contributed by atoms with Crippen LogP contribution in [0.5, 0.6) is 0 Å². The monoisotopic (exact) mass is 462 g/mol. The highest BCUT2D eigenvalue weighted by Gasteiger charge is 2.43. The number of aryl methyl sites for hydroxylation is 1. The van der Waals surface area contributed by atoms with E-state index < -0.39 is 0 Å². The van der Waals surface area contributed by atoms with Crippen LogP contribution in [0.1, 0.15) is 28.8 Å². The Balaban J connectivity index is 1.30. The molecule has 2 saturated heterocycles. The Labute approximate surface area is 195 Å². The minimum absolute atomic E-state index is 0.0203. The molecule has 8 nitrogen and oxygen atoms in total. The van der Waals surface area contributed by atoms with Crippen molar-refractivity contribution in [3.05, 3.63) is 64.9 Å². The van der Waals surface area contributed by atoms with Gasteiger partial charge in [0.1, 0.15) is 5.52 Å². The fourth-order valence-corrected chi connectivity index (χ4v) is 5.27. The van der Waals surface area contributed by atoms with Gasteiger partial charge in [-0.15, -0.1) is 0 Å². The lowest BCUT2D eigenvalue weighted by molar-refractivity contribution is 0.0575. The minimum atomic E-state index is 0.0203. The van der Waals surface area contributed by atoms with Crippen molar-refractivity contribution >= 4 is 34.6 Å². The summed E-state index contributed by atoms with van der Waals surface area (Å²) in [5.41, 5.74) is 3.82. The molecule has 4 aromatic rings. The predicted molar refractivity (Wildman–Crippen MR) is 125 cm³/mol. The van der Waals surface area contributed by atoms with E-state index in [4.69, 9.17) is 16.0 Å². The Bertz CT molecular complexity index is 1330. The van der Waals surface area contributed by atoms with E-state index in [-0.39, 0.29) is 11.9 Å². The van der Waals surface area contributed by atoms with Crippen LogP contribution in [0, 0.1) is 12.8 Å². The molecule has 0 aliphatic carbocycles. The van der Waals surface area contributed by atoms with Gasteiger partial charge in [-0.25, -0.2) is 0 Å². The van der Waals surface area contributed by atoms with E-state index in [1.54, 1.807) is 18.5 Å². The van der Waals surface area contributed by atoms with Crippen LogP contribution in [-0.2, 0) is 0 Å². The summed E-state index contributed by atoms with van der Waals surface area (Å²) in [4.78, 5) is 24.2. The molecule has 4 heterocycles. The maximum atomic E-state index is 13.8. The van der Waals surface area contributed by atoms with Crippen LogP contribution in [0.3, 0.4) is 0 Å². The lowest BCUT2D eigenvalue weighted by Gasteiger charge is -2.37. The molecule has 6 rings (SSSR count). The molecule has 0 N–H and O–H groups in total. The Kier molecular flexibility index (Phi) is 4.83. The van der Waals surface area contributed by atoms with E-state index in [0.717, 1.165) is 37.0 Å². The molecule has 0 bridgehead atoms. The van der Waals surface area contributed by atoms with E-state index in [1.165, 1.54) is 4.80 Å². The maximum absolute atomic E-state index is 13.8. The quantitative estimate of drug-likeness (QED) is 0.455. The summed E-state index contributed by atoms with van der Waals surface area (Å²) in [6.45, 7) is 4.23. The standard InChI is InChI=1S/C24H23ClN6O2/c1-15-4-6-20(31-26-8-9-27-31)18(11-15)23(32)30-10-2-3-16-13-29(14-21(16)30)24-28-19-12-17(25)5-7-22(19)33-24/h4-9,11-12,16,21H,2-3,10,13-14H2,1H3. The van der Waals surface area contributed by atoms with Crippen LogP contribution in [-0.4, -0.2) is 56.5 Å². The van der Waals surface area contributed by atoms with Gasteiger partial charge in [0, 0.05) is 24.7 Å². The van der Waals surface area contributed by atoms with E-state index in [2.05, 4.69) is 20.1 Å². The molecule has 2 fully saturated rings. The van der Waals surface area contributed by atoms with Crippen molar-refractivity contribution in [3.8, 4) is 5.69 Å². The van der Waals surface area contributed by atoms with E-state index in [9.17, 15) is 4.79 Å². The number of oxazole rings is 1. The fourth-order valence-electron chi connectivity index (χ4n) is 5.10. The van der Waals surface area contributed by atoms with Gasteiger partial charge in [0.25, 0.3) is 11.9 Å². The van der Waals surface area contributed by atoms with Crippen molar-refractivity contribution in [2.24, 2.45) is 5.92 Å². The van der Waals surface area contributed by atoms with E-state index in [0.29, 0.717) is 40.3 Å². The van der Waals surface area contributed by atoms with Crippen molar-refractivity contribution in [2.45, 2.75) is 25.8 Å². The summed E-state index contributed by atoms with van der Waals surface area (Å²) in [6, 6.07) is 12.0. The summed E-state index contributed by atoms with van der Waals surface area (Å²) in [5, 5.41) is 9.13. The summed E-state index contributed by atoms with van der Waals surface area (Å²) >= 11 is 6.11. The molecule has 9 heteroatoms. The average Bonchev–Trinajstić information content (AvgIpc) is 3.56. The topological polar surface area (TPSA) is 80.3 Å². The van der Waals surface area contributed by atoms with Gasteiger partial charge in [-0.1, -0.05) is 23.2 Å². The third-order valence-electron chi connectivity index (χ3n) is 6.67. The largest absolute Gasteiger partial charge is 0.423 e. The van der Waals surface area contributed by atoms with Gasteiger partial charge in [0.2, 0.25) is 0 Å². The zero-order valence-electron chi connectivity index (χ0n) is 18.2. The first-order valence-corrected chi connectivity index (χ1v) is 11.5. The Morgan fingerprint density at radius 1 is 1.12 bits per heavy atom. The van der Waals surface area contributed by atoms with Crippen molar-refractivity contribution < 1.29 is 9.21 Å². The number of benzene rings is 2. The third-order valence-corrected chi connectivity index (χ3v) is 6.90. The molecule has 2 aromatic carbocycles. The first kappa shape index (κ1) is 20.2. The number of anilines is 1. The summed E-state index contributed by atoms with van der Waals surface area (Å²) in [5.74, 6) is 0.393. The molecular formula is C24H23ClN6O2. The van der Waals surface area contributed by atoms with Gasteiger partial charge in [-0.05, 0) is 56.0 Å². The van der Waals surface area contributed by atoms with Crippen molar-refractivity contribution in [1.82, 2.24) is 24.9 Å². The molecule has 0 spiro atoms. The number of hydrogen-bond donors (Lipinski definition) is 0. The molecule has 0 radical (unpaired) electrons. The molecule has 33 heavy (non-hydrogen) atoms. The molecule has 2 aliphatic heterocycles. The SMILES string of the molecule is Cc1ccc(-n2nccn2)c(C(=O)N2CCCC3CN(c4nc5cc(Cl)ccc5o4)CC32)c1. The summed E-state index contributed by atoms with van der Waals surface area (Å²) in [6.07, 6.45) is 5.30. The molecule has 1 amide bonds. The molecule has 2 atom stereocenters. The lowest BCUT2D eigenvalue weighted by atomic mass is 9.91. The number of carbonyl (C=O) groups is 1. The predicted octanol–water partition coefficient (Wildman–Crippen LogP) is 4.11. The number of aromatic nitrogens is 4. The number of rotatable bonds is 3. The van der Waals surface area contributed by atoms with Crippen molar-refractivity contribution in [1.29, 1.82) is 0 Å². The summed E-state index contributed by atoms with van der Waals surface area (Å²) in [7, 11) is 0. The number of carbonyl (C=O) groups excluding carboxylic acids is 1. The maximum Gasteiger partial charge on any atom is 0.298 e. The number of piperidine rings is 1. The number of fused-ring (bicyclic) bond motifs is 2. The van der Waals surface area contributed by atoms with Gasteiger partial charge in [0.05, 0.1) is 29.7 Å². The smallest absolute Gasteiger partial charge is 0.298 e. The third kappa shape index (κ3) is 3.54. The number of amides is 1. The fraction of sp³-hybridized carbons (Fsp3) is 0.333. The van der Waals surface area contributed by atoms with Crippen molar-refractivity contribution in [3.63, 3.8) is 0 Å². The second-order valence-corrected chi connectivity index (χ2v) is 9.26. The Hall–Kier alpha value is -3.39. The number of nitrogens with zero attached hydrogens (tertiary/aromatic N) is 6. The summed E-state index contributed by atoms with van der Waals surface area (Å²) < 4.78 is 6.01. The molecule has 0 saturated carbocycles. The van der Waals surface area contributed by atoms with Crippen LogP contribution in [0.4, 0.5) is 6.01 Å². The average molecular weight is 463 g/mol. The Morgan fingerprint density at radius 3 is 2.82 bits per heavy atom. The van der Waals surface area contributed by atoms with Crippen LogP contribution in [0.25, 0.3) is 16.8 Å². The second-order valence-electron chi connectivity index (χ2n) is 8.82. The first-order chi connectivity index (χ1) is 16.1. The number of likely N-dealkylation sites (tertiary alicyclic amines) is 1. The van der Waals surface area contributed by atoms with Gasteiger partial charge in [-0.2, -0.15) is 20.0 Å². The van der Waals surface area contributed by atoms with Gasteiger partial charge >= 0.3 is 0 Å². The van der Waals surface area contributed by atoms with Gasteiger partial charge < -0.3 is 14.2 Å². The highest BCUT2D eigenvalue weighted by molar-refractivity contribution is 6.31. The van der Waals surface area contributed by atoms with Crippen LogP contribution in [0.15, 0.2) is 53.2 Å². The van der Waals surface area contributed by atoms with Crippen LogP contribution < -0.4 is 4.90 Å². The van der Waals surface area contributed by atoms with Gasteiger partial charge in [-0.3, -0.25) is 4.79 Å². The zero-order chi connectivity index (χ0) is 22.5. The zero-order valence-corrected chi connectivity index (χ0v) is 18.9. The first-order valence-electron chi connectivity index (χ1n) is 11.2. The number of hydrogen-bond acceptors (Lipinski definition) is 6. The lowest BCUT2D eigenvalue weighted by Crippen LogP contribution is -2.48.